The summed E-state index contributed by atoms with van der Waals surface area (Å²) in [5.41, 5.74) is 6.84. The number of carbonyl (C=O) groups is 2. The first-order valence-electron chi connectivity index (χ1n) is 7.47. The van der Waals surface area contributed by atoms with Gasteiger partial charge in [0.05, 0.1) is 10.6 Å². The van der Waals surface area contributed by atoms with Gasteiger partial charge in [0.25, 0.3) is 11.8 Å². The van der Waals surface area contributed by atoms with Crippen LogP contribution in [0.5, 0.6) is 5.75 Å². The molecule has 0 spiro atoms. The first kappa shape index (κ1) is 17.8. The molecule has 2 rings (SSSR count). The lowest BCUT2D eigenvalue weighted by molar-refractivity contribution is -0.128. The van der Waals surface area contributed by atoms with Crippen molar-refractivity contribution in [3.63, 3.8) is 0 Å². The monoisotopic (exact) mass is 346 g/mol. The fraction of sp³-hybridized carbons (Fsp3) is 0.222. The SMILES string of the molecule is Cc1cccc(C)c1O[C@@H](C)C(=O)NNC(=O)c1ccccc1Cl. The molecule has 2 aromatic carbocycles. The van der Waals surface area contributed by atoms with Crippen LogP contribution in [0, 0.1) is 13.8 Å². The average molecular weight is 347 g/mol. The Morgan fingerprint density at radius 2 is 1.62 bits per heavy atom. The van der Waals surface area contributed by atoms with E-state index < -0.39 is 17.9 Å². The average Bonchev–Trinajstić information content (AvgIpc) is 2.56. The van der Waals surface area contributed by atoms with Crippen molar-refractivity contribution in [3.05, 3.63) is 64.2 Å². The largest absolute Gasteiger partial charge is 0.480 e. The second-order valence-corrected chi connectivity index (χ2v) is 5.81. The predicted octanol–water partition coefficient (Wildman–Crippen LogP) is 3.19. The van der Waals surface area contributed by atoms with Gasteiger partial charge < -0.3 is 4.74 Å². The summed E-state index contributed by atoms with van der Waals surface area (Å²) in [5.74, 6) is -0.288. The lowest BCUT2D eigenvalue weighted by atomic mass is 10.1. The number of hydrogen-bond acceptors (Lipinski definition) is 3. The van der Waals surface area contributed by atoms with Crippen molar-refractivity contribution in [1.29, 1.82) is 0 Å². The number of halogens is 1. The van der Waals surface area contributed by atoms with Crippen LogP contribution in [-0.2, 0) is 4.79 Å². The molecule has 0 heterocycles. The van der Waals surface area contributed by atoms with Gasteiger partial charge in [0.1, 0.15) is 5.75 Å². The number of hydrazine groups is 1. The number of ether oxygens (including phenoxy) is 1. The lowest BCUT2D eigenvalue weighted by Crippen LogP contribution is -2.47. The Morgan fingerprint density at radius 1 is 1.00 bits per heavy atom. The molecule has 0 saturated carbocycles. The van der Waals surface area contributed by atoms with Gasteiger partial charge in [-0.05, 0) is 44.0 Å². The third kappa shape index (κ3) is 4.26. The highest BCUT2D eigenvalue weighted by atomic mass is 35.5. The van der Waals surface area contributed by atoms with E-state index in [1.54, 1.807) is 31.2 Å². The quantitative estimate of drug-likeness (QED) is 0.835. The molecule has 0 saturated heterocycles. The van der Waals surface area contributed by atoms with Crippen LogP contribution in [-0.4, -0.2) is 17.9 Å². The Kier molecular flexibility index (Phi) is 5.82. The van der Waals surface area contributed by atoms with Crippen molar-refractivity contribution in [1.82, 2.24) is 10.9 Å². The molecule has 0 fully saturated rings. The summed E-state index contributed by atoms with van der Waals surface area (Å²) < 4.78 is 5.71. The molecule has 2 amide bonds. The van der Waals surface area contributed by atoms with Crippen molar-refractivity contribution in [2.24, 2.45) is 0 Å². The summed E-state index contributed by atoms with van der Waals surface area (Å²) in [4.78, 5) is 24.1. The van der Waals surface area contributed by atoms with E-state index in [1.807, 2.05) is 32.0 Å². The van der Waals surface area contributed by atoms with Crippen LogP contribution >= 0.6 is 11.6 Å². The highest BCUT2D eigenvalue weighted by molar-refractivity contribution is 6.33. The summed E-state index contributed by atoms with van der Waals surface area (Å²) >= 11 is 5.94. The minimum Gasteiger partial charge on any atom is -0.480 e. The Hall–Kier alpha value is -2.53. The van der Waals surface area contributed by atoms with E-state index in [4.69, 9.17) is 16.3 Å². The molecular formula is C18H19ClN2O3. The van der Waals surface area contributed by atoms with Gasteiger partial charge in [0.2, 0.25) is 0 Å². The number of benzene rings is 2. The van der Waals surface area contributed by atoms with Crippen LogP contribution in [0.4, 0.5) is 0 Å². The Bertz CT molecular complexity index is 741. The predicted molar refractivity (Wildman–Crippen MR) is 93.1 cm³/mol. The Labute approximate surface area is 145 Å². The summed E-state index contributed by atoms with van der Waals surface area (Å²) in [6.45, 7) is 5.43. The molecule has 2 N–H and O–H groups in total. The first-order valence-corrected chi connectivity index (χ1v) is 7.85. The zero-order valence-electron chi connectivity index (χ0n) is 13.7. The van der Waals surface area contributed by atoms with Gasteiger partial charge in [-0.2, -0.15) is 0 Å². The van der Waals surface area contributed by atoms with Crippen LogP contribution in [0.3, 0.4) is 0 Å². The molecule has 2 aromatic rings. The zero-order valence-corrected chi connectivity index (χ0v) is 14.5. The van der Waals surface area contributed by atoms with E-state index in [0.717, 1.165) is 11.1 Å². The molecule has 24 heavy (non-hydrogen) atoms. The zero-order chi connectivity index (χ0) is 17.7. The number of amides is 2. The van der Waals surface area contributed by atoms with Crippen LogP contribution in [0.2, 0.25) is 5.02 Å². The third-order valence-electron chi connectivity index (χ3n) is 3.49. The number of nitrogens with one attached hydrogen (secondary N) is 2. The molecule has 5 nitrogen and oxygen atoms in total. The Morgan fingerprint density at radius 3 is 2.25 bits per heavy atom. The third-order valence-corrected chi connectivity index (χ3v) is 3.82. The normalized spacial score (nSPS) is 11.5. The molecule has 0 radical (unpaired) electrons. The molecule has 0 aliphatic carbocycles. The molecule has 0 bridgehead atoms. The number of carbonyl (C=O) groups excluding carboxylic acids is 2. The smallest absolute Gasteiger partial charge is 0.279 e. The first-order chi connectivity index (χ1) is 11.4. The van der Waals surface area contributed by atoms with E-state index >= 15 is 0 Å². The molecule has 1 atom stereocenters. The second kappa shape index (κ2) is 7.84. The summed E-state index contributed by atoms with van der Waals surface area (Å²) in [6, 6.07) is 12.3. The molecule has 0 aliphatic rings. The van der Waals surface area contributed by atoms with Gasteiger partial charge >= 0.3 is 0 Å². The van der Waals surface area contributed by atoms with E-state index in [9.17, 15) is 9.59 Å². The summed E-state index contributed by atoms with van der Waals surface area (Å²) in [7, 11) is 0. The topological polar surface area (TPSA) is 67.4 Å². The maximum absolute atomic E-state index is 12.1. The van der Waals surface area contributed by atoms with Crippen LogP contribution in [0.25, 0.3) is 0 Å². The summed E-state index contributed by atoms with van der Waals surface area (Å²) in [5, 5.41) is 0.309. The molecule has 6 heteroatoms. The maximum atomic E-state index is 12.1. The molecule has 126 valence electrons. The fourth-order valence-corrected chi connectivity index (χ4v) is 2.37. The number of para-hydroxylation sites is 1. The van der Waals surface area contributed by atoms with E-state index in [1.165, 1.54) is 0 Å². The van der Waals surface area contributed by atoms with Crippen LogP contribution < -0.4 is 15.6 Å². The van der Waals surface area contributed by atoms with Gasteiger partial charge in [-0.1, -0.05) is 41.9 Å². The van der Waals surface area contributed by atoms with E-state index in [0.29, 0.717) is 10.8 Å². The highest BCUT2D eigenvalue weighted by Gasteiger charge is 2.18. The van der Waals surface area contributed by atoms with Gasteiger partial charge in [-0.15, -0.1) is 0 Å². The van der Waals surface area contributed by atoms with E-state index in [-0.39, 0.29) is 5.56 Å². The number of rotatable bonds is 4. The number of hydrogen-bond donors (Lipinski definition) is 2. The van der Waals surface area contributed by atoms with Gasteiger partial charge in [-0.25, -0.2) is 0 Å². The van der Waals surface area contributed by atoms with E-state index in [2.05, 4.69) is 10.9 Å². The Balaban J connectivity index is 1.95. The van der Waals surface area contributed by atoms with Gasteiger partial charge in [0, 0.05) is 0 Å². The minimum atomic E-state index is -0.767. The van der Waals surface area contributed by atoms with Crippen LogP contribution in [0.15, 0.2) is 42.5 Å². The van der Waals surface area contributed by atoms with Gasteiger partial charge in [0.15, 0.2) is 6.10 Å². The maximum Gasteiger partial charge on any atom is 0.279 e. The van der Waals surface area contributed by atoms with Crippen molar-refractivity contribution in [2.75, 3.05) is 0 Å². The second-order valence-electron chi connectivity index (χ2n) is 5.40. The molecule has 0 aromatic heterocycles. The fourth-order valence-electron chi connectivity index (χ4n) is 2.15. The van der Waals surface area contributed by atoms with Crippen molar-refractivity contribution in [3.8, 4) is 5.75 Å². The molecule has 0 aliphatic heterocycles. The lowest BCUT2D eigenvalue weighted by Gasteiger charge is -2.18. The minimum absolute atomic E-state index is 0.280. The molecular weight excluding hydrogens is 328 g/mol. The standard InChI is InChI=1S/C18H19ClN2O3/c1-11-7-6-8-12(2)16(11)24-13(3)17(22)20-21-18(23)14-9-4-5-10-15(14)19/h4-10,13H,1-3H3,(H,20,22)(H,21,23)/t13-/m0/s1. The number of aryl methyl sites for hydroxylation is 2. The van der Waals surface area contributed by atoms with Crippen molar-refractivity contribution < 1.29 is 14.3 Å². The molecule has 0 unspecified atom stereocenters. The summed E-state index contributed by atoms with van der Waals surface area (Å²) in [6.07, 6.45) is -0.767. The van der Waals surface area contributed by atoms with Gasteiger partial charge in [-0.3, -0.25) is 20.4 Å². The van der Waals surface area contributed by atoms with Crippen LogP contribution in [0.1, 0.15) is 28.4 Å². The van der Waals surface area contributed by atoms with Crippen molar-refractivity contribution in [2.45, 2.75) is 26.9 Å². The highest BCUT2D eigenvalue weighted by Crippen LogP contribution is 2.23. The van der Waals surface area contributed by atoms with Crippen molar-refractivity contribution >= 4 is 23.4 Å².